The predicted molar refractivity (Wildman–Crippen MR) is 91.6 cm³/mol. The second kappa shape index (κ2) is 7.47. The van der Waals surface area contributed by atoms with Gasteiger partial charge in [-0.3, -0.25) is 0 Å². The molecular weight excluding hydrogens is 296 g/mol. The maximum absolute atomic E-state index is 12.0. The van der Waals surface area contributed by atoms with Crippen molar-refractivity contribution in [2.45, 2.75) is 58.1 Å². The fourth-order valence-corrected chi connectivity index (χ4v) is 3.83. The van der Waals surface area contributed by atoms with Crippen molar-refractivity contribution in [1.29, 1.82) is 0 Å². The number of amides is 1. The van der Waals surface area contributed by atoms with Crippen molar-refractivity contribution in [3.8, 4) is 0 Å². The molecule has 0 spiro atoms. The average Bonchev–Trinajstić information content (AvgIpc) is 2.90. The summed E-state index contributed by atoms with van der Waals surface area (Å²) in [7, 11) is 0. The SMILES string of the molecule is CCCN1CC(NC(=O)OC(C)(C)C)CC(c2cccs2)C1. The minimum Gasteiger partial charge on any atom is -0.444 e. The van der Waals surface area contributed by atoms with E-state index in [9.17, 15) is 4.79 Å². The molecule has 22 heavy (non-hydrogen) atoms. The van der Waals surface area contributed by atoms with E-state index in [1.54, 1.807) is 0 Å². The van der Waals surface area contributed by atoms with E-state index in [2.05, 4.69) is 34.7 Å². The third-order valence-corrected chi connectivity index (χ3v) is 4.77. The number of nitrogens with zero attached hydrogens (tertiary/aromatic N) is 1. The summed E-state index contributed by atoms with van der Waals surface area (Å²) in [4.78, 5) is 15.9. The lowest BCUT2D eigenvalue weighted by Crippen LogP contribution is -2.51. The van der Waals surface area contributed by atoms with Crippen LogP contribution in [0.3, 0.4) is 0 Å². The van der Waals surface area contributed by atoms with Gasteiger partial charge in [0.2, 0.25) is 0 Å². The quantitative estimate of drug-likeness (QED) is 0.915. The molecule has 2 rings (SSSR count). The minimum atomic E-state index is -0.449. The van der Waals surface area contributed by atoms with Gasteiger partial charge in [-0.25, -0.2) is 4.79 Å². The number of ether oxygens (including phenoxy) is 1. The molecule has 0 bridgehead atoms. The highest BCUT2D eigenvalue weighted by Crippen LogP contribution is 2.30. The van der Waals surface area contributed by atoms with Crippen LogP contribution in [-0.2, 0) is 4.74 Å². The normalized spacial score (nSPS) is 23.3. The zero-order chi connectivity index (χ0) is 16.2. The molecule has 1 aliphatic heterocycles. The first-order valence-corrected chi connectivity index (χ1v) is 9.00. The van der Waals surface area contributed by atoms with Crippen molar-refractivity contribution in [3.63, 3.8) is 0 Å². The topological polar surface area (TPSA) is 41.6 Å². The van der Waals surface area contributed by atoms with Crippen molar-refractivity contribution < 1.29 is 9.53 Å². The number of carbonyl (C=O) groups is 1. The van der Waals surface area contributed by atoms with E-state index in [4.69, 9.17) is 4.74 Å². The van der Waals surface area contributed by atoms with Crippen LogP contribution in [0, 0.1) is 0 Å². The van der Waals surface area contributed by atoms with Crippen LogP contribution in [0.5, 0.6) is 0 Å². The number of carbonyl (C=O) groups excluding carboxylic acids is 1. The number of likely N-dealkylation sites (tertiary alicyclic amines) is 1. The number of nitrogens with one attached hydrogen (secondary N) is 1. The Bertz CT molecular complexity index is 468. The van der Waals surface area contributed by atoms with Gasteiger partial charge in [0.25, 0.3) is 0 Å². The lowest BCUT2D eigenvalue weighted by atomic mass is 9.92. The molecule has 1 aromatic rings. The molecule has 0 aromatic carbocycles. The second-order valence-corrected chi connectivity index (χ2v) is 8.03. The van der Waals surface area contributed by atoms with Crippen LogP contribution in [0.15, 0.2) is 17.5 Å². The van der Waals surface area contributed by atoms with E-state index in [0.29, 0.717) is 5.92 Å². The van der Waals surface area contributed by atoms with Crippen molar-refractivity contribution in [1.82, 2.24) is 10.2 Å². The lowest BCUT2D eigenvalue weighted by molar-refractivity contribution is 0.0465. The summed E-state index contributed by atoms with van der Waals surface area (Å²) in [5, 5.41) is 5.19. The lowest BCUT2D eigenvalue weighted by Gasteiger charge is -2.38. The summed E-state index contributed by atoms with van der Waals surface area (Å²) in [5.41, 5.74) is -0.449. The molecule has 5 heteroatoms. The van der Waals surface area contributed by atoms with Crippen LogP contribution >= 0.6 is 11.3 Å². The Kier molecular flexibility index (Phi) is 5.87. The van der Waals surface area contributed by atoms with Gasteiger partial charge < -0.3 is 15.0 Å². The third kappa shape index (κ3) is 5.29. The van der Waals surface area contributed by atoms with Gasteiger partial charge in [0.15, 0.2) is 0 Å². The smallest absolute Gasteiger partial charge is 0.407 e. The summed E-state index contributed by atoms with van der Waals surface area (Å²) >= 11 is 1.81. The largest absolute Gasteiger partial charge is 0.444 e. The molecular formula is C17H28N2O2S. The van der Waals surface area contributed by atoms with Crippen LogP contribution in [0.1, 0.15) is 51.3 Å². The standard InChI is InChI=1S/C17H28N2O2S/c1-5-8-19-11-13(15-7-6-9-22-15)10-14(12-19)18-16(20)21-17(2,3)4/h6-7,9,13-14H,5,8,10-12H2,1-4H3,(H,18,20). The molecule has 2 atom stereocenters. The molecule has 1 aliphatic rings. The third-order valence-electron chi connectivity index (χ3n) is 3.73. The van der Waals surface area contributed by atoms with Gasteiger partial charge in [-0.05, 0) is 51.6 Å². The zero-order valence-corrected chi connectivity index (χ0v) is 14.9. The number of piperidine rings is 1. The molecule has 2 heterocycles. The van der Waals surface area contributed by atoms with Crippen LogP contribution in [0.2, 0.25) is 0 Å². The minimum absolute atomic E-state index is 0.155. The van der Waals surface area contributed by atoms with E-state index >= 15 is 0 Å². The number of hydrogen-bond donors (Lipinski definition) is 1. The van der Waals surface area contributed by atoms with E-state index in [1.165, 1.54) is 4.88 Å². The first kappa shape index (κ1) is 17.3. The maximum Gasteiger partial charge on any atom is 0.407 e. The number of alkyl carbamates (subject to hydrolysis) is 1. The summed E-state index contributed by atoms with van der Waals surface area (Å²) in [6.07, 6.45) is 1.82. The van der Waals surface area contributed by atoms with Gasteiger partial charge in [-0.15, -0.1) is 11.3 Å². The Balaban J connectivity index is 1.98. The van der Waals surface area contributed by atoms with Gasteiger partial charge in [0, 0.05) is 29.9 Å². The molecule has 0 aliphatic carbocycles. The van der Waals surface area contributed by atoms with Crippen molar-refractivity contribution in [3.05, 3.63) is 22.4 Å². The average molecular weight is 324 g/mol. The molecule has 1 N–H and O–H groups in total. The molecule has 1 saturated heterocycles. The zero-order valence-electron chi connectivity index (χ0n) is 14.1. The fraction of sp³-hybridized carbons (Fsp3) is 0.706. The van der Waals surface area contributed by atoms with Crippen molar-refractivity contribution in [2.24, 2.45) is 0 Å². The van der Waals surface area contributed by atoms with Crippen LogP contribution in [0.4, 0.5) is 4.79 Å². The number of hydrogen-bond acceptors (Lipinski definition) is 4. The molecule has 1 fully saturated rings. The molecule has 124 valence electrons. The molecule has 0 saturated carbocycles. The number of rotatable bonds is 4. The van der Waals surface area contributed by atoms with E-state index < -0.39 is 5.60 Å². The van der Waals surface area contributed by atoms with Gasteiger partial charge >= 0.3 is 6.09 Å². The molecule has 1 amide bonds. The van der Waals surface area contributed by atoms with E-state index in [0.717, 1.165) is 32.5 Å². The fourth-order valence-electron chi connectivity index (χ4n) is 3.00. The molecule has 0 radical (unpaired) electrons. The summed E-state index contributed by atoms with van der Waals surface area (Å²) < 4.78 is 5.40. The highest BCUT2D eigenvalue weighted by molar-refractivity contribution is 7.10. The number of thiophene rings is 1. The Morgan fingerprint density at radius 2 is 2.23 bits per heavy atom. The second-order valence-electron chi connectivity index (χ2n) is 7.05. The van der Waals surface area contributed by atoms with Gasteiger partial charge in [-0.1, -0.05) is 13.0 Å². The Morgan fingerprint density at radius 3 is 2.82 bits per heavy atom. The van der Waals surface area contributed by atoms with Gasteiger partial charge in [0.1, 0.15) is 5.60 Å². The predicted octanol–water partition coefficient (Wildman–Crippen LogP) is 3.84. The van der Waals surface area contributed by atoms with E-state index in [1.807, 2.05) is 32.1 Å². The highest BCUT2D eigenvalue weighted by atomic mass is 32.1. The maximum atomic E-state index is 12.0. The molecule has 4 nitrogen and oxygen atoms in total. The van der Waals surface area contributed by atoms with Gasteiger partial charge in [0.05, 0.1) is 0 Å². The summed E-state index contributed by atoms with van der Waals surface area (Å²) in [5.74, 6) is 0.500. The highest BCUT2D eigenvalue weighted by Gasteiger charge is 2.30. The molecule has 1 aromatic heterocycles. The van der Waals surface area contributed by atoms with E-state index in [-0.39, 0.29) is 12.1 Å². The Labute approximate surface area is 137 Å². The Hall–Kier alpha value is -1.07. The Morgan fingerprint density at radius 1 is 1.45 bits per heavy atom. The van der Waals surface area contributed by atoms with Crippen LogP contribution < -0.4 is 5.32 Å². The first-order chi connectivity index (χ1) is 10.4. The van der Waals surface area contributed by atoms with Crippen LogP contribution in [-0.4, -0.2) is 42.3 Å². The van der Waals surface area contributed by atoms with Gasteiger partial charge in [-0.2, -0.15) is 0 Å². The molecule has 2 unspecified atom stereocenters. The summed E-state index contributed by atoms with van der Waals surface area (Å²) in [6.45, 7) is 11.0. The van der Waals surface area contributed by atoms with Crippen molar-refractivity contribution >= 4 is 17.4 Å². The monoisotopic (exact) mass is 324 g/mol. The van der Waals surface area contributed by atoms with Crippen LogP contribution in [0.25, 0.3) is 0 Å². The summed E-state index contributed by atoms with van der Waals surface area (Å²) in [6, 6.07) is 4.46. The van der Waals surface area contributed by atoms with Crippen molar-refractivity contribution in [2.75, 3.05) is 19.6 Å². The first-order valence-electron chi connectivity index (χ1n) is 8.12.